The van der Waals surface area contributed by atoms with Crippen molar-refractivity contribution in [1.82, 2.24) is 4.90 Å². The first kappa shape index (κ1) is 8.41. The summed E-state index contributed by atoms with van der Waals surface area (Å²) in [5.74, 6) is -0.118. The van der Waals surface area contributed by atoms with Crippen LogP contribution < -0.4 is 10.6 Å². The molecular weight excluding hydrogens is 191 g/mol. The molecule has 2 aliphatic rings. The Balaban J connectivity index is 2.24. The van der Waals surface area contributed by atoms with Gasteiger partial charge in [-0.05, 0) is 12.1 Å². The van der Waals surface area contributed by atoms with Crippen molar-refractivity contribution in [3.8, 4) is 0 Å². The van der Waals surface area contributed by atoms with Gasteiger partial charge in [0.2, 0.25) is 0 Å². The highest BCUT2D eigenvalue weighted by molar-refractivity contribution is 5.39. The van der Waals surface area contributed by atoms with Crippen molar-refractivity contribution >= 4 is 6.20 Å². The monoisotopic (exact) mass is 200 g/mol. The van der Waals surface area contributed by atoms with Gasteiger partial charge in [-0.25, -0.2) is 4.39 Å². The predicted octanol–water partition coefficient (Wildman–Crippen LogP) is 1.07. The summed E-state index contributed by atoms with van der Waals surface area (Å²) in [7, 11) is 0. The molecule has 0 amide bonds. The third kappa shape index (κ3) is 1.36. The zero-order valence-corrected chi connectivity index (χ0v) is 8.02. The summed E-state index contributed by atoms with van der Waals surface area (Å²) < 4.78 is 13.1. The summed E-state index contributed by atoms with van der Waals surface area (Å²) in [4.78, 5) is 6.18. The van der Waals surface area contributed by atoms with Gasteiger partial charge >= 0.3 is 0 Å². The van der Waals surface area contributed by atoms with E-state index in [4.69, 9.17) is 0 Å². The number of hydrogen-bond acceptors (Lipinski definition) is 2. The second-order valence-electron chi connectivity index (χ2n) is 3.59. The van der Waals surface area contributed by atoms with Crippen molar-refractivity contribution in [2.24, 2.45) is 4.99 Å². The van der Waals surface area contributed by atoms with E-state index in [1.54, 1.807) is 6.20 Å². The van der Waals surface area contributed by atoms with Gasteiger partial charge in [-0.15, -0.1) is 0 Å². The number of nitrogens with zero attached hydrogens (tertiary/aromatic N) is 2. The van der Waals surface area contributed by atoms with Crippen LogP contribution in [0.5, 0.6) is 0 Å². The largest absolute Gasteiger partial charge is 0.339 e. The number of fused-ring (bicyclic) bond motifs is 2. The van der Waals surface area contributed by atoms with Gasteiger partial charge in [-0.1, -0.05) is 18.2 Å². The molecule has 1 aromatic rings. The Morgan fingerprint density at radius 2 is 2.13 bits per heavy atom. The van der Waals surface area contributed by atoms with E-state index in [0.29, 0.717) is 6.54 Å². The number of allylic oxidation sites excluding steroid dienone is 1. The molecule has 3 rings (SSSR count). The van der Waals surface area contributed by atoms with Crippen LogP contribution in [0.1, 0.15) is 0 Å². The third-order valence-electron chi connectivity index (χ3n) is 2.53. The van der Waals surface area contributed by atoms with E-state index in [1.165, 1.54) is 6.08 Å². The number of para-hydroxylation sites is 1. The van der Waals surface area contributed by atoms with Crippen molar-refractivity contribution in [3.63, 3.8) is 0 Å². The van der Waals surface area contributed by atoms with E-state index >= 15 is 0 Å². The first-order chi connectivity index (χ1) is 7.33. The molecule has 0 saturated heterocycles. The minimum absolute atomic E-state index is 0.118. The second kappa shape index (κ2) is 3.05. The fraction of sp³-hybridized carbons (Fsp3) is 0.0833. The average Bonchev–Trinajstić information content (AvgIpc) is 2.49. The molecule has 3 heteroatoms. The lowest BCUT2D eigenvalue weighted by molar-refractivity contribution is 0.519. The Morgan fingerprint density at radius 1 is 1.27 bits per heavy atom. The smallest absolute Gasteiger partial charge is 0.122 e. The Morgan fingerprint density at radius 3 is 3.07 bits per heavy atom. The van der Waals surface area contributed by atoms with Gasteiger partial charge in [0, 0.05) is 11.4 Å². The van der Waals surface area contributed by atoms with Crippen molar-refractivity contribution in [2.45, 2.75) is 0 Å². The maximum absolute atomic E-state index is 13.1. The van der Waals surface area contributed by atoms with E-state index in [-0.39, 0.29) is 5.83 Å². The van der Waals surface area contributed by atoms with Crippen LogP contribution in [0.25, 0.3) is 6.20 Å². The molecule has 2 heterocycles. The van der Waals surface area contributed by atoms with Crippen LogP contribution in [0.2, 0.25) is 0 Å². The molecule has 74 valence electrons. The molecule has 0 fully saturated rings. The zero-order valence-electron chi connectivity index (χ0n) is 8.02. The van der Waals surface area contributed by atoms with Gasteiger partial charge in [0.05, 0.1) is 23.8 Å². The lowest BCUT2D eigenvalue weighted by atomic mass is 10.3. The first-order valence-corrected chi connectivity index (χ1v) is 4.80. The number of hydrogen-bond donors (Lipinski definition) is 0. The Labute approximate surface area is 86.4 Å². The van der Waals surface area contributed by atoms with Gasteiger partial charge in [-0.3, -0.25) is 4.99 Å². The van der Waals surface area contributed by atoms with E-state index in [9.17, 15) is 4.39 Å². The quantitative estimate of drug-likeness (QED) is 0.611. The van der Waals surface area contributed by atoms with Crippen LogP contribution in [0, 0.1) is 0 Å². The average molecular weight is 200 g/mol. The highest BCUT2D eigenvalue weighted by Crippen LogP contribution is 2.21. The fourth-order valence-corrected chi connectivity index (χ4v) is 1.79. The van der Waals surface area contributed by atoms with E-state index in [1.807, 2.05) is 35.4 Å². The molecule has 0 unspecified atom stereocenters. The van der Waals surface area contributed by atoms with Crippen molar-refractivity contribution < 1.29 is 4.39 Å². The Bertz CT molecular complexity index is 584. The van der Waals surface area contributed by atoms with Gasteiger partial charge in [0.1, 0.15) is 5.83 Å². The molecule has 0 aromatic heterocycles. The van der Waals surface area contributed by atoms with Crippen molar-refractivity contribution in [3.05, 3.63) is 58.6 Å². The van der Waals surface area contributed by atoms with E-state index < -0.39 is 0 Å². The maximum Gasteiger partial charge on any atom is 0.122 e. The standard InChI is InChI=1S/C12H9FN2/c13-10-5-11-6-14-12-4-2-1-3-9(12)7-15(11)8-10/h1-7H,8H2. The SMILES string of the molecule is FC1=CC2=CN=c3ccccc3=CN2C1. The number of benzene rings is 1. The van der Waals surface area contributed by atoms with Crippen LogP contribution in [-0.4, -0.2) is 11.4 Å². The van der Waals surface area contributed by atoms with Crippen LogP contribution in [-0.2, 0) is 0 Å². The summed E-state index contributed by atoms with van der Waals surface area (Å²) in [6.45, 7) is 0.315. The van der Waals surface area contributed by atoms with Crippen molar-refractivity contribution in [1.29, 1.82) is 0 Å². The maximum atomic E-state index is 13.1. The molecule has 15 heavy (non-hydrogen) atoms. The topological polar surface area (TPSA) is 15.6 Å². The second-order valence-corrected chi connectivity index (χ2v) is 3.59. The van der Waals surface area contributed by atoms with Crippen LogP contribution in [0.15, 0.2) is 53.1 Å². The summed E-state index contributed by atoms with van der Waals surface area (Å²) in [5.41, 5.74) is 0.809. The van der Waals surface area contributed by atoms with Crippen molar-refractivity contribution in [2.75, 3.05) is 6.54 Å². The minimum Gasteiger partial charge on any atom is -0.339 e. The lowest BCUT2D eigenvalue weighted by Crippen LogP contribution is -2.26. The molecule has 0 saturated carbocycles. The van der Waals surface area contributed by atoms with Gasteiger partial charge < -0.3 is 4.90 Å². The number of rotatable bonds is 0. The Hall–Kier alpha value is -1.90. The summed E-state index contributed by atoms with van der Waals surface area (Å²) in [5, 5.41) is 1.94. The number of halogens is 1. The van der Waals surface area contributed by atoms with Gasteiger partial charge in [0.25, 0.3) is 0 Å². The summed E-state index contributed by atoms with van der Waals surface area (Å²) in [6.07, 6.45) is 5.15. The van der Waals surface area contributed by atoms with Gasteiger partial charge in [-0.2, -0.15) is 0 Å². The Kier molecular flexibility index (Phi) is 1.71. The van der Waals surface area contributed by atoms with Crippen LogP contribution in [0.3, 0.4) is 0 Å². The molecule has 0 atom stereocenters. The highest BCUT2D eigenvalue weighted by atomic mass is 19.1. The fourth-order valence-electron chi connectivity index (χ4n) is 1.79. The normalized spacial score (nSPS) is 17.8. The van der Waals surface area contributed by atoms with Crippen LogP contribution >= 0.6 is 0 Å². The molecule has 0 N–H and O–H groups in total. The molecule has 1 aromatic carbocycles. The molecule has 0 aliphatic carbocycles. The molecule has 0 radical (unpaired) electrons. The molecule has 0 spiro atoms. The molecule has 0 bridgehead atoms. The minimum atomic E-state index is -0.118. The molecular formula is C12H9FN2. The van der Waals surface area contributed by atoms with E-state index in [2.05, 4.69) is 4.99 Å². The zero-order chi connectivity index (χ0) is 10.3. The van der Waals surface area contributed by atoms with Gasteiger partial charge in [0.15, 0.2) is 0 Å². The lowest BCUT2D eigenvalue weighted by Gasteiger charge is -2.11. The molecule has 2 aliphatic heterocycles. The third-order valence-corrected chi connectivity index (χ3v) is 2.53. The summed E-state index contributed by atoms with van der Waals surface area (Å²) >= 11 is 0. The summed E-state index contributed by atoms with van der Waals surface area (Å²) in [6, 6.07) is 7.83. The predicted molar refractivity (Wildman–Crippen MR) is 55.7 cm³/mol. The highest BCUT2D eigenvalue weighted by Gasteiger charge is 2.16. The first-order valence-electron chi connectivity index (χ1n) is 4.80. The van der Waals surface area contributed by atoms with E-state index in [0.717, 1.165) is 16.3 Å². The molecule has 2 nitrogen and oxygen atoms in total. The van der Waals surface area contributed by atoms with Crippen LogP contribution in [0.4, 0.5) is 4.39 Å².